The van der Waals surface area contributed by atoms with Crippen molar-refractivity contribution in [2.45, 2.75) is 38.8 Å². The second-order valence-corrected chi connectivity index (χ2v) is 7.91. The van der Waals surface area contributed by atoms with Crippen molar-refractivity contribution >= 4 is 22.4 Å². The van der Waals surface area contributed by atoms with Crippen LogP contribution in [0, 0.1) is 12.7 Å². The van der Waals surface area contributed by atoms with E-state index in [2.05, 4.69) is 47.7 Å². The van der Waals surface area contributed by atoms with Gasteiger partial charge in [-0.3, -0.25) is 10.0 Å². The molecule has 1 aromatic heterocycles. The molecule has 1 atom stereocenters. The molecule has 4 N–H and O–H groups in total. The summed E-state index contributed by atoms with van der Waals surface area (Å²) in [5.74, 6) is -0.849. The van der Waals surface area contributed by atoms with E-state index in [-0.39, 0.29) is 12.4 Å². The van der Waals surface area contributed by atoms with E-state index in [1.54, 1.807) is 12.1 Å². The number of carbonyl (C=O) groups is 1. The van der Waals surface area contributed by atoms with Crippen molar-refractivity contribution in [2.24, 2.45) is 0 Å². The van der Waals surface area contributed by atoms with E-state index in [1.165, 1.54) is 33.6 Å². The van der Waals surface area contributed by atoms with Crippen molar-refractivity contribution < 1.29 is 19.1 Å². The second kappa shape index (κ2) is 9.32. The predicted molar refractivity (Wildman–Crippen MR) is 117 cm³/mol. The van der Waals surface area contributed by atoms with Crippen LogP contribution in [0.15, 0.2) is 48.7 Å². The minimum atomic E-state index is -0.696. The molecular weight excluding hydrogens is 397 g/mol. The topological polar surface area (TPSA) is 86.4 Å². The molecule has 0 aliphatic heterocycles. The zero-order chi connectivity index (χ0) is 21.8. The molecule has 0 saturated heterocycles. The third kappa shape index (κ3) is 4.95. The van der Waals surface area contributed by atoms with Gasteiger partial charge in [0, 0.05) is 46.9 Å². The van der Waals surface area contributed by atoms with Crippen molar-refractivity contribution in [1.29, 1.82) is 0 Å². The molecule has 3 aromatic rings. The van der Waals surface area contributed by atoms with Gasteiger partial charge >= 0.3 is 0 Å². The van der Waals surface area contributed by atoms with Gasteiger partial charge in [-0.25, -0.2) is 9.87 Å². The van der Waals surface area contributed by atoms with Gasteiger partial charge in [0.25, 0.3) is 5.91 Å². The van der Waals surface area contributed by atoms with Gasteiger partial charge in [0.15, 0.2) is 6.61 Å². The Morgan fingerprint density at radius 2 is 2.16 bits per heavy atom. The first kappa shape index (κ1) is 21.1. The molecule has 7 heteroatoms. The summed E-state index contributed by atoms with van der Waals surface area (Å²) in [5.41, 5.74) is 7.04. The molecule has 1 heterocycles. The van der Waals surface area contributed by atoms with Gasteiger partial charge in [0.1, 0.15) is 11.6 Å². The Morgan fingerprint density at radius 1 is 1.29 bits per heavy atom. The average Bonchev–Trinajstić information content (AvgIpc) is 3.20. The summed E-state index contributed by atoms with van der Waals surface area (Å²) in [7, 11) is 0. The summed E-state index contributed by atoms with van der Waals surface area (Å²) in [5, 5.41) is 13.2. The molecule has 0 bridgehead atoms. The summed E-state index contributed by atoms with van der Waals surface area (Å²) < 4.78 is 19.5. The molecule has 31 heavy (non-hydrogen) atoms. The van der Waals surface area contributed by atoms with Gasteiger partial charge < -0.3 is 15.0 Å². The number of hydrogen-bond acceptors (Lipinski definition) is 4. The summed E-state index contributed by atoms with van der Waals surface area (Å²) in [6.45, 7) is 2.15. The standard InChI is InChI=1S/C24H26FN3O3/c1-15-2-9-23-20(10-15)21(13-27-23)16-3-6-18(7-4-16)26-12-17-5-8-19(11-22(17)25)31-14-24(29)28-30/h2-3,5,8-11,13,18,26-27,30H,4,6-7,12,14H2,1H3,(H,28,29). The molecule has 162 valence electrons. The van der Waals surface area contributed by atoms with E-state index in [0.717, 1.165) is 24.8 Å². The highest BCUT2D eigenvalue weighted by atomic mass is 19.1. The first-order valence-corrected chi connectivity index (χ1v) is 10.4. The number of benzene rings is 2. The van der Waals surface area contributed by atoms with Crippen LogP contribution in [0.25, 0.3) is 16.5 Å². The number of nitrogens with one attached hydrogen (secondary N) is 3. The van der Waals surface area contributed by atoms with Crippen molar-refractivity contribution in [3.05, 3.63) is 71.2 Å². The molecule has 1 unspecified atom stereocenters. The average molecular weight is 423 g/mol. The number of hydrogen-bond donors (Lipinski definition) is 4. The molecule has 2 aromatic carbocycles. The molecule has 0 spiro atoms. The number of halogens is 1. The van der Waals surface area contributed by atoms with Crippen LogP contribution in [0.2, 0.25) is 0 Å². The van der Waals surface area contributed by atoms with Crippen LogP contribution in [0.3, 0.4) is 0 Å². The summed E-state index contributed by atoms with van der Waals surface area (Å²) in [6.07, 6.45) is 7.23. The Bertz CT molecular complexity index is 1120. The van der Waals surface area contributed by atoms with Crippen LogP contribution >= 0.6 is 0 Å². The predicted octanol–water partition coefficient (Wildman–Crippen LogP) is 4.23. The van der Waals surface area contributed by atoms with Crippen LogP contribution in [0.4, 0.5) is 4.39 Å². The lowest BCUT2D eigenvalue weighted by atomic mass is 9.90. The van der Waals surface area contributed by atoms with Crippen LogP contribution in [0.1, 0.15) is 36.0 Å². The summed E-state index contributed by atoms with van der Waals surface area (Å²) >= 11 is 0. The minimum absolute atomic E-state index is 0.240. The molecule has 6 nitrogen and oxygen atoms in total. The van der Waals surface area contributed by atoms with Gasteiger partial charge in [-0.05, 0) is 50.0 Å². The summed E-state index contributed by atoms with van der Waals surface area (Å²) in [6, 6.07) is 11.3. The first-order valence-electron chi connectivity index (χ1n) is 10.4. The Morgan fingerprint density at radius 3 is 2.90 bits per heavy atom. The minimum Gasteiger partial charge on any atom is -0.484 e. The Balaban J connectivity index is 1.34. The number of aromatic nitrogens is 1. The lowest BCUT2D eigenvalue weighted by Gasteiger charge is -2.23. The highest BCUT2D eigenvalue weighted by molar-refractivity contribution is 5.93. The van der Waals surface area contributed by atoms with Gasteiger partial charge in [0.05, 0.1) is 0 Å². The van der Waals surface area contributed by atoms with Gasteiger partial charge in [-0.2, -0.15) is 0 Å². The molecule has 1 aliphatic rings. The first-order chi connectivity index (χ1) is 15.0. The van der Waals surface area contributed by atoms with Crippen molar-refractivity contribution in [1.82, 2.24) is 15.8 Å². The molecule has 1 aliphatic carbocycles. The third-order valence-corrected chi connectivity index (χ3v) is 5.69. The number of aromatic amines is 1. The van der Waals surface area contributed by atoms with Crippen LogP contribution < -0.4 is 15.5 Å². The van der Waals surface area contributed by atoms with Crippen LogP contribution in [-0.2, 0) is 11.3 Å². The number of ether oxygens (including phenoxy) is 1. The lowest BCUT2D eigenvalue weighted by molar-refractivity contribution is -0.131. The number of hydroxylamine groups is 1. The van der Waals surface area contributed by atoms with Crippen molar-refractivity contribution in [3.63, 3.8) is 0 Å². The number of aryl methyl sites for hydroxylation is 1. The fraction of sp³-hybridized carbons (Fsp3) is 0.292. The van der Waals surface area contributed by atoms with Gasteiger partial charge in [0.2, 0.25) is 0 Å². The van der Waals surface area contributed by atoms with E-state index in [9.17, 15) is 9.18 Å². The fourth-order valence-corrected chi connectivity index (χ4v) is 3.96. The second-order valence-electron chi connectivity index (χ2n) is 7.91. The molecule has 1 amide bonds. The van der Waals surface area contributed by atoms with Crippen LogP contribution in [0.5, 0.6) is 5.75 Å². The van der Waals surface area contributed by atoms with E-state index < -0.39 is 11.7 Å². The number of carbonyl (C=O) groups excluding carboxylic acids is 1. The van der Waals surface area contributed by atoms with E-state index in [1.807, 2.05) is 0 Å². The third-order valence-electron chi connectivity index (χ3n) is 5.69. The molecular formula is C24H26FN3O3. The van der Waals surface area contributed by atoms with Crippen LogP contribution in [-0.4, -0.2) is 28.7 Å². The SMILES string of the molecule is Cc1ccc2[nH]cc(C3=CCC(NCc4ccc(OCC(=O)NO)cc4F)CC3)c2c1. The lowest BCUT2D eigenvalue weighted by Crippen LogP contribution is -2.30. The maximum absolute atomic E-state index is 14.4. The number of fused-ring (bicyclic) bond motifs is 1. The maximum atomic E-state index is 14.4. The van der Waals surface area contributed by atoms with Gasteiger partial charge in [-0.15, -0.1) is 0 Å². The Hall–Kier alpha value is -3.16. The highest BCUT2D eigenvalue weighted by Crippen LogP contribution is 2.32. The number of H-pyrrole nitrogens is 1. The summed E-state index contributed by atoms with van der Waals surface area (Å²) in [4.78, 5) is 14.4. The molecule has 4 rings (SSSR count). The van der Waals surface area contributed by atoms with E-state index in [0.29, 0.717) is 18.2 Å². The quantitative estimate of drug-likeness (QED) is 0.338. The largest absolute Gasteiger partial charge is 0.484 e. The molecule has 0 fully saturated rings. The zero-order valence-electron chi connectivity index (χ0n) is 17.4. The van der Waals surface area contributed by atoms with Crippen molar-refractivity contribution in [2.75, 3.05) is 6.61 Å². The number of allylic oxidation sites excluding steroid dienone is 1. The Kier molecular flexibility index (Phi) is 6.34. The fourth-order valence-electron chi connectivity index (χ4n) is 3.96. The van der Waals surface area contributed by atoms with E-state index in [4.69, 9.17) is 9.94 Å². The van der Waals surface area contributed by atoms with E-state index >= 15 is 0 Å². The Labute approximate surface area is 180 Å². The normalized spacial score (nSPS) is 16.2. The smallest absolute Gasteiger partial charge is 0.281 e. The zero-order valence-corrected chi connectivity index (χ0v) is 17.4. The monoisotopic (exact) mass is 423 g/mol. The number of rotatable bonds is 7. The highest BCUT2D eigenvalue weighted by Gasteiger charge is 2.18. The maximum Gasteiger partial charge on any atom is 0.281 e. The van der Waals surface area contributed by atoms with Gasteiger partial charge in [-0.1, -0.05) is 23.8 Å². The number of amides is 1. The molecule has 0 radical (unpaired) electrons. The molecule has 0 saturated carbocycles. The van der Waals surface area contributed by atoms with Crippen molar-refractivity contribution in [3.8, 4) is 5.75 Å².